The summed E-state index contributed by atoms with van der Waals surface area (Å²) in [5, 5.41) is 0. The molecule has 0 nitrogen and oxygen atoms in total. The van der Waals surface area contributed by atoms with Crippen LogP contribution in [0.3, 0.4) is 0 Å². The maximum Gasteiger partial charge on any atom is -0.0168 e. The summed E-state index contributed by atoms with van der Waals surface area (Å²) in [4.78, 5) is 0. The summed E-state index contributed by atoms with van der Waals surface area (Å²) in [5.41, 5.74) is 1.76. The molecule has 0 heteroatoms. The van der Waals surface area contributed by atoms with E-state index in [0.717, 1.165) is 5.92 Å². The third kappa shape index (κ3) is 1.66. The van der Waals surface area contributed by atoms with E-state index in [1.54, 1.807) is 5.57 Å². The van der Waals surface area contributed by atoms with E-state index in [2.05, 4.69) is 12.5 Å². The molecule has 0 aromatic heterocycles. The molecule has 0 aromatic rings. The molecule has 2 rings (SSSR count). The molecule has 2 aliphatic rings. The fraction of sp³-hybridized carbons (Fsp3) is 0.727. The highest BCUT2D eigenvalue weighted by atomic mass is 14.2. The average molecular weight is 149 g/mol. The van der Waals surface area contributed by atoms with Crippen LogP contribution in [0.5, 0.6) is 0 Å². The van der Waals surface area contributed by atoms with Gasteiger partial charge in [0.15, 0.2) is 0 Å². The van der Waals surface area contributed by atoms with E-state index in [1.807, 2.05) is 0 Å². The van der Waals surface area contributed by atoms with E-state index in [-0.39, 0.29) is 0 Å². The van der Waals surface area contributed by atoms with Gasteiger partial charge in [-0.3, -0.25) is 0 Å². The van der Waals surface area contributed by atoms with Crippen LogP contribution >= 0.6 is 0 Å². The minimum Gasteiger partial charge on any atom is -0.0813 e. The second-order valence-corrected chi connectivity index (χ2v) is 3.85. The first kappa shape index (κ1) is 7.39. The molecular formula is C11H17. The van der Waals surface area contributed by atoms with Crippen molar-refractivity contribution in [2.24, 2.45) is 5.92 Å². The van der Waals surface area contributed by atoms with E-state index in [0.29, 0.717) is 0 Å². The third-order valence-electron chi connectivity index (χ3n) is 3.05. The summed E-state index contributed by atoms with van der Waals surface area (Å²) in [5.74, 6) is 0.978. The monoisotopic (exact) mass is 149 g/mol. The number of rotatable bonds is 1. The molecule has 0 unspecified atom stereocenters. The van der Waals surface area contributed by atoms with Crippen molar-refractivity contribution in [3.05, 3.63) is 18.1 Å². The predicted octanol–water partition coefficient (Wildman–Crippen LogP) is 3.49. The first-order valence-electron chi connectivity index (χ1n) is 4.99. The van der Waals surface area contributed by atoms with Crippen LogP contribution < -0.4 is 0 Å². The van der Waals surface area contributed by atoms with Gasteiger partial charge >= 0.3 is 0 Å². The maximum atomic E-state index is 2.40. The molecule has 11 heavy (non-hydrogen) atoms. The number of allylic oxidation sites excluding steroid dienone is 2. The standard InChI is InChI=1S/C11H17/c1-2-6-10(7-3-1)11-8-4-5-9-11/h2,6,11H,1,3-5,7-9H2. The lowest BCUT2D eigenvalue weighted by Gasteiger charge is -2.17. The second kappa shape index (κ2) is 3.42. The van der Waals surface area contributed by atoms with Crippen LogP contribution in [0.4, 0.5) is 0 Å². The van der Waals surface area contributed by atoms with Crippen LogP contribution in [0.25, 0.3) is 0 Å². The van der Waals surface area contributed by atoms with Gasteiger partial charge in [-0.05, 0) is 44.4 Å². The van der Waals surface area contributed by atoms with Crippen molar-refractivity contribution >= 4 is 0 Å². The molecule has 1 saturated carbocycles. The highest BCUT2D eigenvalue weighted by Gasteiger charge is 2.19. The topological polar surface area (TPSA) is 0 Å². The highest BCUT2D eigenvalue weighted by molar-refractivity contribution is 5.16. The first-order valence-corrected chi connectivity index (χ1v) is 4.99. The third-order valence-corrected chi connectivity index (χ3v) is 3.05. The van der Waals surface area contributed by atoms with Crippen molar-refractivity contribution in [3.8, 4) is 0 Å². The van der Waals surface area contributed by atoms with Gasteiger partial charge in [0, 0.05) is 0 Å². The Morgan fingerprint density at radius 2 is 1.91 bits per heavy atom. The molecule has 0 atom stereocenters. The number of hydrogen-bond donors (Lipinski definition) is 0. The van der Waals surface area contributed by atoms with Crippen molar-refractivity contribution in [3.63, 3.8) is 0 Å². The van der Waals surface area contributed by atoms with Gasteiger partial charge in [-0.2, -0.15) is 0 Å². The van der Waals surface area contributed by atoms with Gasteiger partial charge in [0.2, 0.25) is 0 Å². The zero-order chi connectivity index (χ0) is 7.52. The highest BCUT2D eigenvalue weighted by Crippen LogP contribution is 2.35. The summed E-state index contributed by atoms with van der Waals surface area (Å²) in [6.07, 6.45) is 14.8. The summed E-state index contributed by atoms with van der Waals surface area (Å²) in [6.45, 7) is 0. The van der Waals surface area contributed by atoms with Crippen LogP contribution in [0.15, 0.2) is 11.6 Å². The van der Waals surface area contributed by atoms with Crippen LogP contribution in [0.2, 0.25) is 0 Å². The molecule has 2 aliphatic carbocycles. The minimum absolute atomic E-state index is 0.978. The Morgan fingerprint density at radius 3 is 2.55 bits per heavy atom. The molecule has 0 bridgehead atoms. The van der Waals surface area contributed by atoms with E-state index in [4.69, 9.17) is 0 Å². The molecule has 0 aliphatic heterocycles. The Kier molecular flexibility index (Phi) is 2.30. The minimum atomic E-state index is 0.978. The lowest BCUT2D eigenvalue weighted by Crippen LogP contribution is -2.02. The SMILES string of the molecule is [CH]1C=C(C2CCCC2)CCC1. The van der Waals surface area contributed by atoms with Crippen molar-refractivity contribution in [1.29, 1.82) is 0 Å². The fourth-order valence-electron chi connectivity index (χ4n) is 2.38. The van der Waals surface area contributed by atoms with Gasteiger partial charge in [-0.15, -0.1) is 0 Å². The van der Waals surface area contributed by atoms with Gasteiger partial charge in [0.05, 0.1) is 0 Å². The van der Waals surface area contributed by atoms with Crippen LogP contribution in [0.1, 0.15) is 44.9 Å². The Balaban J connectivity index is 1.96. The summed E-state index contributed by atoms with van der Waals surface area (Å²) in [7, 11) is 0. The zero-order valence-corrected chi connectivity index (χ0v) is 7.18. The van der Waals surface area contributed by atoms with Crippen LogP contribution in [-0.4, -0.2) is 0 Å². The lowest BCUT2D eigenvalue weighted by molar-refractivity contribution is 0.585. The van der Waals surface area contributed by atoms with Gasteiger partial charge in [-0.25, -0.2) is 0 Å². The Morgan fingerprint density at radius 1 is 1.09 bits per heavy atom. The average Bonchev–Trinajstić information content (AvgIpc) is 2.58. The molecular weight excluding hydrogens is 132 g/mol. The van der Waals surface area contributed by atoms with Crippen LogP contribution in [-0.2, 0) is 0 Å². The lowest BCUT2D eigenvalue weighted by atomic mass is 9.88. The fourth-order valence-corrected chi connectivity index (χ4v) is 2.38. The normalized spacial score (nSPS) is 27.1. The summed E-state index contributed by atoms with van der Waals surface area (Å²) >= 11 is 0. The molecule has 1 radical (unpaired) electrons. The van der Waals surface area contributed by atoms with Gasteiger partial charge in [0.25, 0.3) is 0 Å². The Bertz CT molecular complexity index is 149. The predicted molar refractivity (Wildman–Crippen MR) is 48.2 cm³/mol. The van der Waals surface area contributed by atoms with Crippen molar-refractivity contribution in [2.75, 3.05) is 0 Å². The van der Waals surface area contributed by atoms with E-state index in [9.17, 15) is 0 Å². The summed E-state index contributed by atoms with van der Waals surface area (Å²) in [6, 6.07) is 0. The Hall–Kier alpha value is -0.260. The van der Waals surface area contributed by atoms with Gasteiger partial charge < -0.3 is 0 Å². The van der Waals surface area contributed by atoms with Gasteiger partial charge in [-0.1, -0.05) is 24.5 Å². The van der Waals surface area contributed by atoms with E-state index in [1.165, 1.54) is 44.9 Å². The smallest absolute Gasteiger partial charge is 0.0168 e. The molecule has 61 valence electrons. The zero-order valence-electron chi connectivity index (χ0n) is 7.18. The maximum absolute atomic E-state index is 2.40. The molecule has 0 spiro atoms. The van der Waals surface area contributed by atoms with Crippen molar-refractivity contribution in [1.82, 2.24) is 0 Å². The van der Waals surface area contributed by atoms with E-state index < -0.39 is 0 Å². The quantitative estimate of drug-likeness (QED) is 0.535. The van der Waals surface area contributed by atoms with Crippen molar-refractivity contribution in [2.45, 2.75) is 44.9 Å². The molecule has 0 amide bonds. The molecule has 0 heterocycles. The van der Waals surface area contributed by atoms with Crippen LogP contribution in [0, 0.1) is 12.3 Å². The Labute approximate surface area is 69.7 Å². The molecule has 1 fully saturated rings. The summed E-state index contributed by atoms with van der Waals surface area (Å²) < 4.78 is 0. The van der Waals surface area contributed by atoms with Crippen molar-refractivity contribution < 1.29 is 0 Å². The number of hydrogen-bond acceptors (Lipinski definition) is 0. The second-order valence-electron chi connectivity index (χ2n) is 3.85. The molecule has 0 aromatic carbocycles. The van der Waals surface area contributed by atoms with Gasteiger partial charge in [0.1, 0.15) is 0 Å². The first-order chi connectivity index (χ1) is 5.47. The molecule has 0 N–H and O–H groups in total. The molecule has 0 saturated heterocycles. The van der Waals surface area contributed by atoms with E-state index >= 15 is 0 Å². The largest absolute Gasteiger partial charge is 0.0813 e.